The number of guanidine groups is 1. The van der Waals surface area contributed by atoms with E-state index >= 15 is 0 Å². The zero-order chi connectivity index (χ0) is 27.7. The third kappa shape index (κ3) is 5.63. The summed E-state index contributed by atoms with van der Waals surface area (Å²) in [5.41, 5.74) is 18.8. The number of likely N-dealkylation sites (tertiary alicyclic amines) is 2. The van der Waals surface area contributed by atoms with Crippen LogP contribution in [0.5, 0.6) is 0 Å². The first-order chi connectivity index (χ1) is 18.7. The Hall–Kier alpha value is -3.87. The molecule has 0 aromatic heterocycles. The molecule has 0 aliphatic carbocycles. The minimum atomic E-state index is -0.719. The Morgan fingerprint density at radius 3 is 2.46 bits per heavy atom. The molecule has 5 aliphatic heterocycles. The van der Waals surface area contributed by atoms with Crippen molar-refractivity contribution in [1.29, 1.82) is 0 Å². The van der Waals surface area contributed by atoms with E-state index in [1.54, 1.807) is 23.1 Å². The van der Waals surface area contributed by atoms with E-state index in [1.165, 1.54) is 6.08 Å². The second-order valence-electron chi connectivity index (χ2n) is 10.7. The zero-order valence-electron chi connectivity index (χ0n) is 22.0. The van der Waals surface area contributed by atoms with Crippen molar-refractivity contribution >= 4 is 29.5 Å². The smallest absolute Gasteiger partial charge is 0.249 e. The minimum Gasteiger partial charge on any atom is -0.371 e. The molecule has 0 radical (unpaired) electrons. The number of carbonyl (C=O) groups is 4. The minimum absolute atomic E-state index is 0.000524. The van der Waals surface area contributed by atoms with Crippen molar-refractivity contribution in [3.63, 3.8) is 0 Å². The van der Waals surface area contributed by atoms with Crippen LogP contribution in [-0.4, -0.2) is 119 Å². The number of carbonyl (C=O) groups excluding carboxylic acids is 4. The molecular formula is C26H37N9O4. The summed E-state index contributed by atoms with van der Waals surface area (Å²) in [4.78, 5) is 62.2. The number of nitrogens with zero attached hydrogens (tertiary/aromatic N) is 5. The van der Waals surface area contributed by atoms with Crippen LogP contribution in [0.3, 0.4) is 0 Å². The SMILES string of the molecule is NC(N)=NCCC[C@H](N)C(=O)C1C=CC(=O)N1C1CCN(C2=CC(=O)N(C3CCN(C4=CC(=O)NC4)C3)C2)C1. The van der Waals surface area contributed by atoms with E-state index in [1.807, 2.05) is 4.90 Å². The molecule has 0 aromatic carbocycles. The van der Waals surface area contributed by atoms with Crippen LogP contribution in [0.4, 0.5) is 0 Å². The van der Waals surface area contributed by atoms with E-state index < -0.39 is 12.1 Å². The fourth-order valence-corrected chi connectivity index (χ4v) is 6.15. The average molecular weight is 540 g/mol. The molecule has 5 rings (SSSR count). The van der Waals surface area contributed by atoms with E-state index in [2.05, 4.69) is 20.1 Å². The van der Waals surface area contributed by atoms with Crippen LogP contribution < -0.4 is 22.5 Å². The van der Waals surface area contributed by atoms with E-state index in [4.69, 9.17) is 17.2 Å². The Balaban J connectivity index is 1.15. The fraction of sp³-hybridized carbons (Fsp3) is 0.577. The van der Waals surface area contributed by atoms with Gasteiger partial charge < -0.3 is 42.1 Å². The highest BCUT2D eigenvalue weighted by Gasteiger charge is 2.42. The zero-order valence-corrected chi connectivity index (χ0v) is 22.0. The van der Waals surface area contributed by atoms with Crippen LogP contribution >= 0.6 is 0 Å². The van der Waals surface area contributed by atoms with Crippen molar-refractivity contribution in [3.8, 4) is 0 Å². The Morgan fingerprint density at radius 1 is 1.03 bits per heavy atom. The van der Waals surface area contributed by atoms with Crippen molar-refractivity contribution in [2.45, 2.75) is 49.9 Å². The van der Waals surface area contributed by atoms with Crippen LogP contribution in [0.2, 0.25) is 0 Å². The first-order valence-electron chi connectivity index (χ1n) is 13.6. The Bertz CT molecular complexity index is 1160. The van der Waals surface area contributed by atoms with E-state index in [-0.39, 0.29) is 41.5 Å². The Kier molecular flexibility index (Phi) is 7.60. The largest absolute Gasteiger partial charge is 0.371 e. The van der Waals surface area contributed by atoms with Gasteiger partial charge in [-0.1, -0.05) is 0 Å². The van der Waals surface area contributed by atoms with Gasteiger partial charge >= 0.3 is 0 Å². The summed E-state index contributed by atoms with van der Waals surface area (Å²) in [6, 6.07) is -1.47. The molecular weight excluding hydrogens is 502 g/mol. The molecule has 3 amide bonds. The maximum absolute atomic E-state index is 13.1. The summed E-state index contributed by atoms with van der Waals surface area (Å²) in [7, 11) is 0. The molecule has 7 N–H and O–H groups in total. The highest BCUT2D eigenvalue weighted by molar-refractivity contribution is 6.01. The normalized spacial score (nSPS) is 27.4. The van der Waals surface area contributed by atoms with Gasteiger partial charge in [-0.3, -0.25) is 24.2 Å². The van der Waals surface area contributed by atoms with Gasteiger partial charge in [-0.15, -0.1) is 0 Å². The standard InChI is InChI=1S/C26H37N9O4/c27-20(2-1-7-30-26(28)29)25(39)21-3-4-23(37)35(21)17-6-9-33(14-17)19-11-24(38)34(15-19)16-5-8-32(13-16)18-10-22(36)31-12-18/h3-4,10-11,16-17,20-21H,1-2,5-9,12-15,27H2,(H,31,36)(H4,28,29,30)/t16?,17?,20-,21?/m0/s1. The van der Waals surface area contributed by atoms with Crippen LogP contribution in [0.25, 0.3) is 0 Å². The molecule has 5 heterocycles. The quantitative estimate of drug-likeness (QED) is 0.133. The first kappa shape index (κ1) is 26.7. The number of ketones is 1. The van der Waals surface area contributed by atoms with Gasteiger partial charge in [0.25, 0.3) is 0 Å². The maximum atomic E-state index is 13.1. The molecule has 0 saturated carbocycles. The third-order valence-corrected chi connectivity index (χ3v) is 8.22. The topological polar surface area (TPSA) is 184 Å². The number of rotatable bonds is 10. The highest BCUT2D eigenvalue weighted by atomic mass is 16.2. The number of amides is 3. The van der Waals surface area contributed by atoms with Crippen molar-refractivity contribution in [2.75, 3.05) is 45.8 Å². The van der Waals surface area contributed by atoms with Gasteiger partial charge in [-0.2, -0.15) is 0 Å². The van der Waals surface area contributed by atoms with E-state index in [9.17, 15) is 19.2 Å². The van der Waals surface area contributed by atoms with Crippen LogP contribution in [0.15, 0.2) is 40.7 Å². The molecule has 0 bridgehead atoms. The second kappa shape index (κ2) is 11.1. The summed E-state index contributed by atoms with van der Waals surface area (Å²) in [6.07, 6.45) is 8.96. The average Bonchev–Trinajstić information content (AvgIpc) is 3.71. The van der Waals surface area contributed by atoms with Crippen molar-refractivity contribution in [2.24, 2.45) is 22.2 Å². The molecule has 39 heavy (non-hydrogen) atoms. The molecule has 13 nitrogen and oxygen atoms in total. The number of aliphatic imine (C=N–C) groups is 1. The van der Waals surface area contributed by atoms with Crippen molar-refractivity contribution in [1.82, 2.24) is 24.9 Å². The second-order valence-corrected chi connectivity index (χ2v) is 10.7. The molecule has 13 heteroatoms. The van der Waals surface area contributed by atoms with Gasteiger partial charge in [-0.05, 0) is 31.8 Å². The summed E-state index contributed by atoms with van der Waals surface area (Å²) in [6.45, 7) is 4.23. The molecule has 210 valence electrons. The molecule has 0 aromatic rings. The lowest BCUT2D eigenvalue weighted by atomic mass is 10.00. The van der Waals surface area contributed by atoms with Gasteiger partial charge in [0.15, 0.2) is 11.7 Å². The lowest BCUT2D eigenvalue weighted by Gasteiger charge is -2.32. The maximum Gasteiger partial charge on any atom is 0.249 e. The summed E-state index contributed by atoms with van der Waals surface area (Å²) in [5.74, 6) is -0.458. The molecule has 2 fully saturated rings. The number of nitrogens with two attached hydrogens (primary N) is 3. The molecule has 2 saturated heterocycles. The lowest BCUT2D eigenvalue weighted by Crippen LogP contribution is -2.51. The summed E-state index contributed by atoms with van der Waals surface area (Å²) in [5, 5.41) is 2.80. The predicted molar refractivity (Wildman–Crippen MR) is 144 cm³/mol. The Labute approximate surface area is 227 Å². The van der Waals surface area contributed by atoms with Crippen LogP contribution in [0, 0.1) is 0 Å². The van der Waals surface area contributed by atoms with Crippen LogP contribution in [0.1, 0.15) is 25.7 Å². The lowest BCUT2D eigenvalue weighted by molar-refractivity contribution is -0.135. The first-order valence-corrected chi connectivity index (χ1v) is 13.6. The molecule has 0 spiro atoms. The third-order valence-electron chi connectivity index (χ3n) is 8.22. The van der Waals surface area contributed by atoms with E-state index in [0.717, 1.165) is 24.4 Å². The number of hydrogen-bond acceptors (Lipinski definition) is 8. The van der Waals surface area contributed by atoms with Crippen molar-refractivity contribution in [3.05, 3.63) is 35.7 Å². The summed E-state index contributed by atoms with van der Waals surface area (Å²) >= 11 is 0. The Morgan fingerprint density at radius 2 is 1.74 bits per heavy atom. The fourth-order valence-electron chi connectivity index (χ4n) is 6.15. The van der Waals surface area contributed by atoms with Gasteiger partial charge in [0.2, 0.25) is 17.7 Å². The summed E-state index contributed by atoms with van der Waals surface area (Å²) < 4.78 is 0. The monoisotopic (exact) mass is 539 g/mol. The predicted octanol–water partition coefficient (Wildman–Crippen LogP) is -2.41. The number of Topliss-reactive ketones (excluding diaryl/α,β-unsaturated/α-hetero) is 1. The van der Waals surface area contributed by atoms with Crippen LogP contribution in [-0.2, 0) is 19.2 Å². The molecule has 3 unspecified atom stereocenters. The van der Waals surface area contributed by atoms with E-state index in [0.29, 0.717) is 58.5 Å². The molecule has 5 aliphatic rings. The number of nitrogens with one attached hydrogen (secondary N) is 1. The molecule has 4 atom stereocenters. The van der Waals surface area contributed by atoms with Gasteiger partial charge in [-0.25, -0.2) is 0 Å². The van der Waals surface area contributed by atoms with Gasteiger partial charge in [0.05, 0.1) is 31.2 Å². The van der Waals surface area contributed by atoms with Gasteiger partial charge in [0, 0.05) is 62.3 Å². The van der Waals surface area contributed by atoms with Crippen molar-refractivity contribution < 1.29 is 19.2 Å². The highest BCUT2D eigenvalue weighted by Crippen LogP contribution is 2.30. The van der Waals surface area contributed by atoms with Gasteiger partial charge in [0.1, 0.15) is 6.04 Å². The number of hydrogen-bond donors (Lipinski definition) is 4.